The first-order chi connectivity index (χ1) is 11.6. The molecule has 0 radical (unpaired) electrons. The van der Waals surface area contributed by atoms with Crippen molar-refractivity contribution < 1.29 is 14.3 Å². The molecule has 7 heteroatoms. The molecule has 1 aliphatic heterocycles. The van der Waals surface area contributed by atoms with Gasteiger partial charge in [0, 0.05) is 24.2 Å². The second-order valence-electron chi connectivity index (χ2n) is 5.40. The Bertz CT molecular complexity index is 740. The van der Waals surface area contributed by atoms with E-state index in [0.29, 0.717) is 30.2 Å². The smallest absolute Gasteiger partial charge is 0.256 e. The minimum atomic E-state index is -0.572. The Morgan fingerprint density at radius 2 is 1.88 bits per heavy atom. The number of carbonyl (C=O) groups excluding carboxylic acids is 2. The molecule has 1 fully saturated rings. The van der Waals surface area contributed by atoms with Crippen LogP contribution < -0.4 is 16.0 Å². The summed E-state index contributed by atoms with van der Waals surface area (Å²) in [6.07, 6.45) is 1.72. The summed E-state index contributed by atoms with van der Waals surface area (Å²) in [6, 6.07) is 9.91. The number of amides is 2. The molecule has 1 aliphatic rings. The number of morpholine rings is 1. The summed E-state index contributed by atoms with van der Waals surface area (Å²) < 4.78 is 5.32. The third-order valence-corrected chi connectivity index (χ3v) is 3.77. The number of anilines is 2. The van der Waals surface area contributed by atoms with E-state index in [1.165, 1.54) is 6.07 Å². The van der Waals surface area contributed by atoms with E-state index in [2.05, 4.69) is 15.2 Å². The normalized spacial score (nSPS) is 14.2. The van der Waals surface area contributed by atoms with Gasteiger partial charge >= 0.3 is 0 Å². The van der Waals surface area contributed by atoms with Crippen molar-refractivity contribution in [1.82, 2.24) is 4.98 Å². The van der Waals surface area contributed by atoms with E-state index < -0.39 is 5.91 Å². The zero-order chi connectivity index (χ0) is 16.9. The highest BCUT2D eigenvalue weighted by molar-refractivity contribution is 6.05. The van der Waals surface area contributed by atoms with E-state index in [-0.39, 0.29) is 5.91 Å². The Hall–Kier alpha value is -2.93. The van der Waals surface area contributed by atoms with E-state index in [1.807, 2.05) is 6.07 Å². The number of primary amides is 1. The molecule has 1 aromatic carbocycles. The largest absolute Gasteiger partial charge is 0.378 e. The summed E-state index contributed by atoms with van der Waals surface area (Å²) >= 11 is 0. The summed E-state index contributed by atoms with van der Waals surface area (Å²) in [5, 5.41) is 2.71. The molecule has 2 amide bonds. The van der Waals surface area contributed by atoms with Crippen molar-refractivity contribution in [2.45, 2.75) is 0 Å². The minimum Gasteiger partial charge on any atom is -0.378 e. The zero-order valence-corrected chi connectivity index (χ0v) is 13.1. The van der Waals surface area contributed by atoms with Crippen molar-refractivity contribution in [2.24, 2.45) is 5.73 Å². The first-order valence-electron chi connectivity index (χ1n) is 7.63. The van der Waals surface area contributed by atoms with Crippen LogP contribution in [0.4, 0.5) is 11.5 Å². The Labute approximate surface area is 139 Å². The van der Waals surface area contributed by atoms with E-state index >= 15 is 0 Å². The second kappa shape index (κ2) is 7.10. The van der Waals surface area contributed by atoms with Gasteiger partial charge in [0.2, 0.25) is 5.91 Å². The van der Waals surface area contributed by atoms with Gasteiger partial charge in [-0.2, -0.15) is 0 Å². The van der Waals surface area contributed by atoms with Crippen LogP contribution in [-0.4, -0.2) is 43.1 Å². The van der Waals surface area contributed by atoms with Crippen molar-refractivity contribution in [1.29, 1.82) is 0 Å². The fourth-order valence-electron chi connectivity index (χ4n) is 2.47. The quantitative estimate of drug-likeness (QED) is 0.882. The van der Waals surface area contributed by atoms with Crippen molar-refractivity contribution in [2.75, 3.05) is 36.5 Å². The predicted molar refractivity (Wildman–Crippen MR) is 90.2 cm³/mol. The van der Waals surface area contributed by atoms with Gasteiger partial charge in [0.15, 0.2) is 0 Å². The lowest BCUT2D eigenvalue weighted by Crippen LogP contribution is -2.36. The van der Waals surface area contributed by atoms with Crippen LogP contribution in [0.2, 0.25) is 0 Å². The molecule has 1 aromatic heterocycles. The maximum Gasteiger partial charge on any atom is 0.256 e. The van der Waals surface area contributed by atoms with Gasteiger partial charge in [0.1, 0.15) is 5.82 Å². The molecule has 2 aromatic rings. The van der Waals surface area contributed by atoms with Crippen LogP contribution in [0.3, 0.4) is 0 Å². The highest BCUT2D eigenvalue weighted by Gasteiger charge is 2.13. The topological polar surface area (TPSA) is 97.5 Å². The Morgan fingerprint density at radius 3 is 2.54 bits per heavy atom. The summed E-state index contributed by atoms with van der Waals surface area (Å²) in [6.45, 7) is 3.06. The fraction of sp³-hybridized carbons (Fsp3) is 0.235. The van der Waals surface area contributed by atoms with Gasteiger partial charge in [-0.25, -0.2) is 4.98 Å². The lowest BCUT2D eigenvalue weighted by Gasteiger charge is -2.28. The summed E-state index contributed by atoms with van der Waals surface area (Å²) in [5.41, 5.74) is 6.86. The number of pyridine rings is 1. The van der Waals surface area contributed by atoms with Gasteiger partial charge in [-0.1, -0.05) is 6.07 Å². The molecule has 0 aliphatic carbocycles. The van der Waals surface area contributed by atoms with Crippen LogP contribution in [0.5, 0.6) is 0 Å². The van der Waals surface area contributed by atoms with Gasteiger partial charge in [-0.15, -0.1) is 0 Å². The molecule has 24 heavy (non-hydrogen) atoms. The molecule has 0 spiro atoms. The zero-order valence-electron chi connectivity index (χ0n) is 13.1. The number of carbonyl (C=O) groups is 2. The Balaban J connectivity index is 1.68. The minimum absolute atomic E-state index is 0.290. The van der Waals surface area contributed by atoms with E-state index in [1.54, 1.807) is 30.5 Å². The molecule has 0 atom stereocenters. The van der Waals surface area contributed by atoms with Crippen LogP contribution in [0.25, 0.3) is 0 Å². The number of hydrogen-bond acceptors (Lipinski definition) is 5. The molecule has 3 rings (SSSR count). The summed E-state index contributed by atoms with van der Waals surface area (Å²) in [7, 11) is 0. The van der Waals surface area contributed by atoms with Crippen molar-refractivity contribution in [3.8, 4) is 0 Å². The maximum absolute atomic E-state index is 12.2. The van der Waals surface area contributed by atoms with Gasteiger partial charge in [0.25, 0.3) is 5.91 Å². The molecular formula is C17H18N4O3. The average Bonchev–Trinajstić information content (AvgIpc) is 2.63. The third-order valence-electron chi connectivity index (χ3n) is 3.77. The van der Waals surface area contributed by atoms with Crippen LogP contribution >= 0.6 is 0 Å². The number of nitrogens with one attached hydrogen (secondary N) is 1. The molecule has 0 saturated carbocycles. The Kier molecular flexibility index (Phi) is 4.72. The molecule has 0 bridgehead atoms. The molecule has 2 heterocycles. The highest BCUT2D eigenvalue weighted by atomic mass is 16.5. The molecule has 124 valence electrons. The number of nitrogens with two attached hydrogens (primary N) is 1. The number of rotatable bonds is 4. The van der Waals surface area contributed by atoms with Crippen LogP contribution in [0.1, 0.15) is 20.7 Å². The number of ether oxygens (including phenoxy) is 1. The standard InChI is InChI=1S/C17H18N4O3/c18-16(22)12-2-1-3-13(10-12)17(23)20-15-5-4-14(11-19-15)21-6-8-24-9-7-21/h1-5,10-11H,6-9H2,(H2,18,22)(H,19,20,23). The lowest BCUT2D eigenvalue weighted by atomic mass is 10.1. The number of hydrogen-bond donors (Lipinski definition) is 2. The van der Waals surface area contributed by atoms with E-state index in [0.717, 1.165) is 18.8 Å². The first kappa shape index (κ1) is 15.9. The van der Waals surface area contributed by atoms with Crippen molar-refractivity contribution in [3.63, 3.8) is 0 Å². The third kappa shape index (κ3) is 3.69. The number of aromatic nitrogens is 1. The molecule has 7 nitrogen and oxygen atoms in total. The first-order valence-corrected chi connectivity index (χ1v) is 7.63. The van der Waals surface area contributed by atoms with Gasteiger partial charge in [-0.05, 0) is 30.3 Å². The molecular weight excluding hydrogens is 308 g/mol. The van der Waals surface area contributed by atoms with Crippen LogP contribution in [-0.2, 0) is 4.74 Å². The van der Waals surface area contributed by atoms with Gasteiger partial charge in [-0.3, -0.25) is 9.59 Å². The predicted octanol–water partition coefficient (Wildman–Crippen LogP) is 1.27. The van der Waals surface area contributed by atoms with Crippen LogP contribution in [0, 0.1) is 0 Å². The van der Waals surface area contributed by atoms with Gasteiger partial charge in [0.05, 0.1) is 25.1 Å². The van der Waals surface area contributed by atoms with E-state index in [9.17, 15) is 9.59 Å². The monoisotopic (exact) mass is 326 g/mol. The fourth-order valence-corrected chi connectivity index (χ4v) is 2.47. The average molecular weight is 326 g/mol. The lowest BCUT2D eigenvalue weighted by molar-refractivity contribution is 0.1000. The Morgan fingerprint density at radius 1 is 1.12 bits per heavy atom. The summed E-state index contributed by atoms with van der Waals surface area (Å²) in [4.78, 5) is 29.9. The highest BCUT2D eigenvalue weighted by Crippen LogP contribution is 2.17. The maximum atomic E-state index is 12.2. The molecule has 0 unspecified atom stereocenters. The number of nitrogens with zero attached hydrogens (tertiary/aromatic N) is 2. The van der Waals surface area contributed by atoms with Gasteiger partial charge < -0.3 is 20.7 Å². The summed E-state index contributed by atoms with van der Waals surface area (Å²) in [5.74, 6) is -0.469. The van der Waals surface area contributed by atoms with Crippen molar-refractivity contribution in [3.05, 3.63) is 53.7 Å². The van der Waals surface area contributed by atoms with Crippen molar-refractivity contribution >= 4 is 23.3 Å². The van der Waals surface area contributed by atoms with Crippen LogP contribution in [0.15, 0.2) is 42.6 Å². The molecule has 3 N–H and O–H groups in total. The number of benzene rings is 1. The molecule has 1 saturated heterocycles. The SMILES string of the molecule is NC(=O)c1cccc(C(=O)Nc2ccc(N3CCOCC3)cn2)c1. The van der Waals surface area contributed by atoms with E-state index in [4.69, 9.17) is 10.5 Å². The second-order valence-corrected chi connectivity index (χ2v) is 5.40.